The summed E-state index contributed by atoms with van der Waals surface area (Å²) in [5.41, 5.74) is 2.24. The molecule has 0 N–H and O–H groups in total. The molecule has 0 amide bonds. The van der Waals surface area contributed by atoms with E-state index in [1.807, 2.05) is 12.2 Å². The predicted octanol–water partition coefficient (Wildman–Crippen LogP) is 2.30. The lowest BCUT2D eigenvalue weighted by molar-refractivity contribution is -0.110. The largest absolute Gasteiger partial charge is 0.293 e. The van der Waals surface area contributed by atoms with Gasteiger partial charge < -0.3 is 0 Å². The molecule has 0 saturated heterocycles. The summed E-state index contributed by atoms with van der Waals surface area (Å²) in [7, 11) is 0. The van der Waals surface area contributed by atoms with Crippen molar-refractivity contribution in [1.29, 1.82) is 0 Å². The quantitative estimate of drug-likeness (QED) is 0.497. The minimum Gasteiger partial charge on any atom is -0.293 e. The molecular formula is C11H14N2O. The minimum absolute atomic E-state index is 0.0830. The molecule has 0 bridgehead atoms. The van der Waals surface area contributed by atoms with Gasteiger partial charge in [0.15, 0.2) is 5.78 Å². The molecule has 0 aromatic carbocycles. The standard InChI is InChI=1S/C11H14N2O/c1-3-10-5-4-6-11(7-10)13-12-8-9(2)14/h4-6,8H,3,7H2,1-2H3/b12-8-,13-11-. The highest BCUT2D eigenvalue weighted by Gasteiger charge is 2.02. The summed E-state index contributed by atoms with van der Waals surface area (Å²) in [5, 5.41) is 7.66. The average molecular weight is 190 g/mol. The van der Waals surface area contributed by atoms with E-state index in [1.54, 1.807) is 0 Å². The molecule has 0 fully saturated rings. The van der Waals surface area contributed by atoms with E-state index in [0.29, 0.717) is 0 Å². The van der Waals surface area contributed by atoms with Gasteiger partial charge in [0, 0.05) is 13.3 Å². The normalized spacial score (nSPS) is 19.0. The molecule has 3 heteroatoms. The van der Waals surface area contributed by atoms with Gasteiger partial charge in [-0.15, -0.1) is 0 Å². The van der Waals surface area contributed by atoms with Crippen LogP contribution in [0.25, 0.3) is 0 Å². The molecule has 0 spiro atoms. The molecule has 1 aliphatic carbocycles. The number of carbonyl (C=O) groups is 1. The minimum atomic E-state index is -0.0830. The Morgan fingerprint density at radius 1 is 1.64 bits per heavy atom. The Kier molecular flexibility index (Phi) is 3.98. The molecule has 0 unspecified atom stereocenters. The van der Waals surface area contributed by atoms with Crippen molar-refractivity contribution in [2.45, 2.75) is 26.7 Å². The van der Waals surface area contributed by atoms with Gasteiger partial charge in [-0.25, -0.2) is 0 Å². The smallest absolute Gasteiger partial charge is 0.172 e. The zero-order chi connectivity index (χ0) is 10.4. The molecule has 0 radical (unpaired) electrons. The number of carbonyl (C=O) groups excluding carboxylic acids is 1. The molecule has 0 aromatic rings. The number of rotatable bonds is 3. The van der Waals surface area contributed by atoms with Crippen LogP contribution >= 0.6 is 0 Å². The van der Waals surface area contributed by atoms with Crippen LogP contribution in [0.15, 0.2) is 34.0 Å². The summed E-state index contributed by atoms with van der Waals surface area (Å²) in [6, 6.07) is 0. The fourth-order valence-electron chi connectivity index (χ4n) is 1.14. The van der Waals surface area contributed by atoms with Gasteiger partial charge in [0.1, 0.15) is 0 Å². The third-order valence-corrected chi connectivity index (χ3v) is 1.91. The first-order valence-corrected chi connectivity index (χ1v) is 4.69. The summed E-state index contributed by atoms with van der Waals surface area (Å²) < 4.78 is 0. The number of Topliss-reactive ketones (excluding diaryl/α,β-unsaturated/α-hetero) is 1. The van der Waals surface area contributed by atoms with Crippen LogP contribution in [0.3, 0.4) is 0 Å². The highest BCUT2D eigenvalue weighted by molar-refractivity contribution is 6.26. The van der Waals surface area contributed by atoms with E-state index in [1.165, 1.54) is 18.7 Å². The lowest BCUT2D eigenvalue weighted by Gasteiger charge is -2.06. The number of allylic oxidation sites excluding steroid dienone is 4. The molecule has 74 valence electrons. The van der Waals surface area contributed by atoms with Gasteiger partial charge >= 0.3 is 0 Å². The first-order chi connectivity index (χ1) is 6.72. The summed E-state index contributed by atoms with van der Waals surface area (Å²) in [4.78, 5) is 10.6. The second-order valence-electron chi connectivity index (χ2n) is 3.16. The second kappa shape index (κ2) is 5.27. The number of hydrogen-bond acceptors (Lipinski definition) is 3. The second-order valence-corrected chi connectivity index (χ2v) is 3.16. The van der Waals surface area contributed by atoms with Crippen LogP contribution in [0.5, 0.6) is 0 Å². The van der Waals surface area contributed by atoms with Crippen LogP contribution in [0.4, 0.5) is 0 Å². The Hall–Kier alpha value is -1.51. The van der Waals surface area contributed by atoms with Crippen molar-refractivity contribution < 1.29 is 4.79 Å². The molecule has 0 heterocycles. The van der Waals surface area contributed by atoms with Crippen LogP contribution in [-0.2, 0) is 4.79 Å². The van der Waals surface area contributed by atoms with E-state index in [-0.39, 0.29) is 5.78 Å². The monoisotopic (exact) mass is 190 g/mol. The van der Waals surface area contributed by atoms with Crippen LogP contribution in [0.1, 0.15) is 26.7 Å². The lowest BCUT2D eigenvalue weighted by atomic mass is 10.0. The molecule has 0 atom stereocenters. The molecule has 0 saturated carbocycles. The lowest BCUT2D eigenvalue weighted by Crippen LogP contribution is -1.99. The Labute approximate surface area is 83.9 Å². The van der Waals surface area contributed by atoms with E-state index < -0.39 is 0 Å². The van der Waals surface area contributed by atoms with Crippen LogP contribution < -0.4 is 0 Å². The van der Waals surface area contributed by atoms with Gasteiger partial charge in [0.2, 0.25) is 0 Å². The summed E-state index contributed by atoms with van der Waals surface area (Å²) in [5.74, 6) is -0.0830. The fraction of sp³-hybridized carbons (Fsp3) is 0.364. The maximum atomic E-state index is 10.6. The first-order valence-electron chi connectivity index (χ1n) is 4.69. The highest BCUT2D eigenvalue weighted by Crippen LogP contribution is 2.13. The molecular weight excluding hydrogens is 176 g/mol. The molecule has 0 aromatic heterocycles. The number of ketones is 1. The maximum absolute atomic E-state index is 10.6. The van der Waals surface area contributed by atoms with Crippen molar-refractivity contribution >= 4 is 17.7 Å². The zero-order valence-corrected chi connectivity index (χ0v) is 8.53. The van der Waals surface area contributed by atoms with Crippen molar-refractivity contribution in [1.82, 2.24) is 0 Å². The summed E-state index contributed by atoms with van der Waals surface area (Å²) in [6.45, 7) is 3.57. The van der Waals surface area contributed by atoms with Crippen molar-refractivity contribution in [3.05, 3.63) is 23.8 Å². The van der Waals surface area contributed by atoms with Gasteiger partial charge in [-0.3, -0.25) is 4.79 Å². The molecule has 0 aliphatic heterocycles. The van der Waals surface area contributed by atoms with Crippen molar-refractivity contribution in [3.8, 4) is 0 Å². The topological polar surface area (TPSA) is 41.8 Å². The Morgan fingerprint density at radius 2 is 2.43 bits per heavy atom. The zero-order valence-electron chi connectivity index (χ0n) is 8.53. The predicted molar refractivity (Wildman–Crippen MR) is 58.7 cm³/mol. The third kappa shape index (κ3) is 3.47. The molecule has 1 rings (SSSR count). The van der Waals surface area contributed by atoms with Gasteiger partial charge in [-0.2, -0.15) is 10.2 Å². The Morgan fingerprint density at radius 3 is 3.07 bits per heavy atom. The maximum Gasteiger partial charge on any atom is 0.172 e. The van der Waals surface area contributed by atoms with Gasteiger partial charge in [-0.1, -0.05) is 24.6 Å². The number of nitrogens with zero attached hydrogens (tertiary/aromatic N) is 2. The third-order valence-electron chi connectivity index (χ3n) is 1.91. The van der Waals surface area contributed by atoms with Crippen LogP contribution in [0.2, 0.25) is 0 Å². The molecule has 1 aliphatic rings. The van der Waals surface area contributed by atoms with Gasteiger partial charge in [0.05, 0.1) is 11.9 Å². The molecule has 3 nitrogen and oxygen atoms in total. The fourth-order valence-corrected chi connectivity index (χ4v) is 1.14. The van der Waals surface area contributed by atoms with E-state index in [2.05, 4.69) is 23.2 Å². The van der Waals surface area contributed by atoms with E-state index in [0.717, 1.165) is 18.6 Å². The van der Waals surface area contributed by atoms with Crippen LogP contribution in [-0.4, -0.2) is 17.7 Å². The van der Waals surface area contributed by atoms with Gasteiger partial charge in [0.25, 0.3) is 0 Å². The van der Waals surface area contributed by atoms with Crippen molar-refractivity contribution in [2.75, 3.05) is 0 Å². The van der Waals surface area contributed by atoms with E-state index >= 15 is 0 Å². The number of hydrogen-bond donors (Lipinski definition) is 0. The Bertz CT molecular complexity index is 335. The van der Waals surface area contributed by atoms with E-state index in [9.17, 15) is 4.79 Å². The van der Waals surface area contributed by atoms with Crippen LogP contribution in [0, 0.1) is 0 Å². The SMILES string of the molecule is CCC1=CC=C/C(=N/N=C\C(C)=O)C1. The first kappa shape index (κ1) is 10.6. The van der Waals surface area contributed by atoms with Crippen molar-refractivity contribution in [2.24, 2.45) is 10.2 Å². The summed E-state index contributed by atoms with van der Waals surface area (Å²) >= 11 is 0. The van der Waals surface area contributed by atoms with Gasteiger partial charge in [-0.05, 0) is 12.5 Å². The average Bonchev–Trinajstić information content (AvgIpc) is 2.18. The Balaban J connectivity index is 2.60. The van der Waals surface area contributed by atoms with Crippen molar-refractivity contribution in [3.63, 3.8) is 0 Å². The summed E-state index contributed by atoms with van der Waals surface area (Å²) in [6.07, 6.45) is 9.06. The highest BCUT2D eigenvalue weighted by atomic mass is 16.1. The van der Waals surface area contributed by atoms with E-state index in [4.69, 9.17) is 0 Å². The molecule has 14 heavy (non-hydrogen) atoms.